The summed E-state index contributed by atoms with van der Waals surface area (Å²) in [5.74, 6) is 0.433. The molecule has 3 aromatic heterocycles. The maximum atomic E-state index is 11.5. The minimum atomic E-state index is -0.371. The summed E-state index contributed by atoms with van der Waals surface area (Å²) in [6.07, 6.45) is 1.48. The molecule has 0 aromatic carbocycles. The molecule has 3 rings (SSSR count). The number of aromatic nitrogens is 7. The Morgan fingerprint density at radius 3 is 2.88 bits per heavy atom. The molecule has 0 spiro atoms. The summed E-state index contributed by atoms with van der Waals surface area (Å²) < 4.78 is 0. The van der Waals surface area contributed by atoms with Gasteiger partial charge in [-0.25, -0.2) is 4.98 Å². The molecule has 80 valence electrons. The molecule has 0 unspecified atom stereocenters. The number of H-pyrrole nitrogens is 3. The Morgan fingerprint density at radius 2 is 2.12 bits per heavy atom. The zero-order valence-corrected chi connectivity index (χ0v) is 7.85. The third-order valence-corrected chi connectivity index (χ3v) is 2.04. The normalized spacial score (nSPS) is 11.0. The first-order chi connectivity index (χ1) is 7.74. The predicted octanol–water partition coefficient (Wildman–Crippen LogP) is -0.987. The number of anilines is 1. The molecule has 0 radical (unpaired) electrons. The Hall–Kier alpha value is -2.71. The van der Waals surface area contributed by atoms with Crippen molar-refractivity contribution in [3.8, 4) is 11.5 Å². The van der Waals surface area contributed by atoms with Crippen molar-refractivity contribution in [2.24, 2.45) is 0 Å². The lowest BCUT2D eigenvalue weighted by atomic mass is 10.5. The fourth-order valence-corrected chi connectivity index (χ4v) is 1.36. The van der Waals surface area contributed by atoms with Gasteiger partial charge in [0.2, 0.25) is 5.95 Å². The van der Waals surface area contributed by atoms with Crippen LogP contribution in [0.3, 0.4) is 0 Å². The Morgan fingerprint density at radius 1 is 1.25 bits per heavy atom. The molecule has 3 heterocycles. The number of fused-ring (bicyclic) bond motifs is 1. The maximum Gasteiger partial charge on any atom is 0.278 e. The first kappa shape index (κ1) is 8.59. The van der Waals surface area contributed by atoms with E-state index in [9.17, 15) is 4.79 Å². The van der Waals surface area contributed by atoms with E-state index in [0.717, 1.165) is 0 Å². The van der Waals surface area contributed by atoms with Crippen molar-refractivity contribution in [1.29, 1.82) is 0 Å². The molecule has 9 nitrogen and oxygen atoms in total. The number of rotatable bonds is 1. The van der Waals surface area contributed by atoms with Crippen LogP contribution in [0.1, 0.15) is 0 Å². The monoisotopic (exact) mass is 218 g/mol. The fourth-order valence-electron chi connectivity index (χ4n) is 1.36. The molecular weight excluding hydrogens is 212 g/mol. The Kier molecular flexibility index (Phi) is 1.55. The highest BCUT2D eigenvalue weighted by Gasteiger charge is 2.11. The number of nitrogen functional groups attached to an aromatic ring is 1. The highest BCUT2D eigenvalue weighted by molar-refractivity contribution is 5.74. The topological polar surface area (TPSA) is 142 Å². The quantitative estimate of drug-likeness (QED) is 0.413. The molecule has 0 saturated heterocycles. The van der Waals surface area contributed by atoms with E-state index in [4.69, 9.17) is 5.73 Å². The van der Waals surface area contributed by atoms with Gasteiger partial charge < -0.3 is 10.7 Å². The lowest BCUT2D eigenvalue weighted by molar-refractivity contribution is 0.940. The molecule has 0 atom stereocenters. The van der Waals surface area contributed by atoms with Gasteiger partial charge in [0.15, 0.2) is 17.0 Å². The van der Waals surface area contributed by atoms with E-state index in [1.54, 1.807) is 0 Å². The van der Waals surface area contributed by atoms with Crippen LogP contribution in [-0.4, -0.2) is 35.3 Å². The molecule has 0 aliphatic carbocycles. The zero-order chi connectivity index (χ0) is 11.1. The summed E-state index contributed by atoms with van der Waals surface area (Å²) in [6.45, 7) is 0. The minimum absolute atomic E-state index is 0.0238. The van der Waals surface area contributed by atoms with E-state index >= 15 is 0 Å². The second kappa shape index (κ2) is 2.89. The van der Waals surface area contributed by atoms with Crippen LogP contribution in [0, 0.1) is 0 Å². The number of nitrogens with zero attached hydrogens (tertiary/aromatic N) is 4. The summed E-state index contributed by atoms with van der Waals surface area (Å²) in [4.78, 5) is 24.6. The SMILES string of the molecule is Nc1nc2nc(-c3cn[nH]n3)[nH]c2c(=O)[nH]1. The fraction of sp³-hybridized carbons (Fsp3) is 0. The highest BCUT2D eigenvalue weighted by atomic mass is 16.1. The van der Waals surface area contributed by atoms with Gasteiger partial charge in [0.1, 0.15) is 5.69 Å². The lowest BCUT2D eigenvalue weighted by Gasteiger charge is -1.89. The van der Waals surface area contributed by atoms with E-state index in [1.165, 1.54) is 6.20 Å². The van der Waals surface area contributed by atoms with Crippen LogP contribution in [0.5, 0.6) is 0 Å². The first-order valence-electron chi connectivity index (χ1n) is 4.35. The number of hydrogen-bond acceptors (Lipinski definition) is 6. The summed E-state index contributed by atoms with van der Waals surface area (Å²) in [7, 11) is 0. The van der Waals surface area contributed by atoms with Gasteiger partial charge in [0.25, 0.3) is 5.56 Å². The summed E-state index contributed by atoms with van der Waals surface area (Å²) in [5, 5.41) is 9.92. The van der Waals surface area contributed by atoms with Crippen molar-refractivity contribution >= 4 is 17.1 Å². The third-order valence-electron chi connectivity index (χ3n) is 2.04. The number of aromatic amines is 3. The lowest BCUT2D eigenvalue weighted by Crippen LogP contribution is -2.10. The van der Waals surface area contributed by atoms with Crippen LogP contribution >= 0.6 is 0 Å². The van der Waals surface area contributed by atoms with Crippen molar-refractivity contribution in [2.45, 2.75) is 0 Å². The number of nitrogens with one attached hydrogen (secondary N) is 3. The largest absolute Gasteiger partial charge is 0.369 e. The second-order valence-corrected chi connectivity index (χ2v) is 3.09. The average molecular weight is 218 g/mol. The summed E-state index contributed by atoms with van der Waals surface area (Å²) in [6, 6.07) is 0. The van der Waals surface area contributed by atoms with Crippen LogP contribution in [0.25, 0.3) is 22.7 Å². The van der Waals surface area contributed by atoms with Gasteiger partial charge in [0.05, 0.1) is 6.20 Å². The standard InChI is InChI=1S/C7H6N8O/c8-7-12-5-3(6(16)13-7)10-4(11-5)2-1-9-15-14-2/h1H,(H,9,14,15)(H4,8,10,11,12,13,16). The van der Waals surface area contributed by atoms with E-state index in [-0.39, 0.29) is 22.7 Å². The smallest absolute Gasteiger partial charge is 0.278 e. The van der Waals surface area contributed by atoms with Crippen molar-refractivity contribution in [1.82, 2.24) is 35.3 Å². The van der Waals surface area contributed by atoms with Crippen LogP contribution < -0.4 is 11.3 Å². The van der Waals surface area contributed by atoms with E-state index in [0.29, 0.717) is 11.5 Å². The molecule has 3 aromatic rings. The third kappa shape index (κ3) is 1.15. The van der Waals surface area contributed by atoms with Crippen LogP contribution in [-0.2, 0) is 0 Å². The number of nitrogens with two attached hydrogens (primary N) is 1. The molecule has 0 aliphatic rings. The van der Waals surface area contributed by atoms with Gasteiger partial charge in [-0.05, 0) is 0 Å². The van der Waals surface area contributed by atoms with Gasteiger partial charge in [-0.2, -0.15) is 20.4 Å². The Bertz CT molecular complexity index is 693. The highest BCUT2D eigenvalue weighted by Crippen LogP contribution is 2.13. The summed E-state index contributed by atoms with van der Waals surface area (Å²) >= 11 is 0. The van der Waals surface area contributed by atoms with Gasteiger partial charge >= 0.3 is 0 Å². The molecule has 0 fully saturated rings. The van der Waals surface area contributed by atoms with Crippen LogP contribution in [0.4, 0.5) is 5.95 Å². The molecule has 0 aliphatic heterocycles. The molecule has 0 amide bonds. The van der Waals surface area contributed by atoms with Gasteiger partial charge in [-0.1, -0.05) is 0 Å². The average Bonchev–Trinajstić information content (AvgIpc) is 2.82. The van der Waals surface area contributed by atoms with Gasteiger partial charge in [-0.3, -0.25) is 9.78 Å². The van der Waals surface area contributed by atoms with Crippen molar-refractivity contribution in [2.75, 3.05) is 5.73 Å². The maximum absolute atomic E-state index is 11.5. The molecule has 0 saturated carbocycles. The Balaban J connectivity index is 2.31. The minimum Gasteiger partial charge on any atom is -0.369 e. The summed E-state index contributed by atoms with van der Waals surface area (Å²) in [5.41, 5.74) is 6.03. The van der Waals surface area contributed by atoms with Crippen LogP contribution in [0.2, 0.25) is 0 Å². The number of imidazole rings is 1. The van der Waals surface area contributed by atoms with Crippen molar-refractivity contribution < 1.29 is 0 Å². The molecule has 5 N–H and O–H groups in total. The van der Waals surface area contributed by atoms with Crippen molar-refractivity contribution in [3.05, 3.63) is 16.6 Å². The first-order valence-corrected chi connectivity index (χ1v) is 4.35. The Labute approximate surface area is 87.1 Å². The molecular formula is C7H6N8O. The van der Waals surface area contributed by atoms with E-state index < -0.39 is 0 Å². The predicted molar refractivity (Wildman–Crippen MR) is 54.3 cm³/mol. The second-order valence-electron chi connectivity index (χ2n) is 3.09. The molecule has 16 heavy (non-hydrogen) atoms. The van der Waals surface area contributed by atoms with Crippen LogP contribution in [0.15, 0.2) is 11.0 Å². The number of hydrogen-bond donors (Lipinski definition) is 4. The van der Waals surface area contributed by atoms with Crippen molar-refractivity contribution in [3.63, 3.8) is 0 Å². The van der Waals surface area contributed by atoms with Gasteiger partial charge in [-0.15, -0.1) is 0 Å². The molecule has 0 bridgehead atoms. The zero-order valence-electron chi connectivity index (χ0n) is 7.85. The molecule has 9 heteroatoms. The van der Waals surface area contributed by atoms with E-state index in [2.05, 4.69) is 35.3 Å². The van der Waals surface area contributed by atoms with Gasteiger partial charge in [0, 0.05) is 0 Å². The van der Waals surface area contributed by atoms with E-state index in [1.807, 2.05) is 0 Å².